The highest BCUT2D eigenvalue weighted by Gasteiger charge is 2.27. The van der Waals surface area contributed by atoms with Gasteiger partial charge in [-0.05, 0) is 19.9 Å². The van der Waals surface area contributed by atoms with Crippen LogP contribution in [0, 0.1) is 32.7 Å². The molecule has 0 heterocycles. The Hall–Kier alpha value is -2.49. The van der Waals surface area contributed by atoms with Crippen LogP contribution in [0.5, 0.6) is 0 Å². The Bertz CT molecular complexity index is 549. The lowest BCUT2D eigenvalue weighted by Crippen LogP contribution is -2.29. The zero-order valence-corrected chi connectivity index (χ0v) is 9.73. The van der Waals surface area contributed by atoms with Crippen LogP contribution in [0.15, 0.2) is 18.2 Å². The molecule has 1 amide bonds. The molecule has 0 fully saturated rings. The minimum absolute atomic E-state index is 0.0602. The van der Waals surface area contributed by atoms with E-state index in [0.29, 0.717) is 0 Å². The van der Waals surface area contributed by atoms with E-state index in [1.165, 1.54) is 13.8 Å². The first-order valence-electron chi connectivity index (χ1n) is 4.94. The fourth-order valence-electron chi connectivity index (χ4n) is 1.09. The van der Waals surface area contributed by atoms with Gasteiger partial charge in [-0.2, -0.15) is 5.26 Å². The number of nitro groups is 1. The molecule has 0 aliphatic carbocycles. The van der Waals surface area contributed by atoms with Gasteiger partial charge in [-0.1, -0.05) is 0 Å². The van der Waals surface area contributed by atoms with Gasteiger partial charge in [-0.15, -0.1) is 0 Å². The molecule has 0 radical (unpaired) electrons. The number of benzene rings is 1. The van der Waals surface area contributed by atoms with Gasteiger partial charge in [-0.25, -0.2) is 4.39 Å². The number of nitro benzene ring substituents is 1. The largest absolute Gasteiger partial charge is 0.324 e. The summed E-state index contributed by atoms with van der Waals surface area (Å²) in [5.74, 6) is -1.50. The van der Waals surface area contributed by atoms with Crippen LogP contribution in [-0.4, -0.2) is 10.8 Å². The Balaban J connectivity index is 3.03. The molecule has 0 atom stereocenters. The molecule has 0 aliphatic heterocycles. The van der Waals surface area contributed by atoms with Crippen LogP contribution in [0.25, 0.3) is 0 Å². The van der Waals surface area contributed by atoms with Gasteiger partial charge in [0.05, 0.1) is 22.7 Å². The summed E-state index contributed by atoms with van der Waals surface area (Å²) in [4.78, 5) is 21.4. The smallest absolute Gasteiger partial charge is 0.274 e. The minimum atomic E-state index is -1.30. The van der Waals surface area contributed by atoms with Crippen molar-refractivity contribution in [3.05, 3.63) is 34.1 Å². The van der Waals surface area contributed by atoms with E-state index in [2.05, 4.69) is 5.32 Å². The second kappa shape index (κ2) is 4.79. The number of hydrogen-bond donors (Lipinski definition) is 1. The highest BCUT2D eigenvalue weighted by atomic mass is 19.1. The van der Waals surface area contributed by atoms with Crippen molar-refractivity contribution in [2.75, 3.05) is 5.32 Å². The van der Waals surface area contributed by atoms with Crippen molar-refractivity contribution in [2.45, 2.75) is 13.8 Å². The molecular weight excluding hydrogens is 241 g/mol. The second-order valence-corrected chi connectivity index (χ2v) is 4.15. The first-order valence-corrected chi connectivity index (χ1v) is 4.94. The van der Waals surface area contributed by atoms with Gasteiger partial charge in [0.15, 0.2) is 0 Å². The average Bonchev–Trinajstić information content (AvgIpc) is 2.28. The van der Waals surface area contributed by atoms with Crippen molar-refractivity contribution in [1.82, 2.24) is 0 Å². The molecule has 0 saturated carbocycles. The number of hydrogen-bond acceptors (Lipinski definition) is 4. The Morgan fingerprint density at radius 3 is 2.61 bits per heavy atom. The molecule has 1 aromatic rings. The number of rotatable bonds is 3. The molecular formula is C11H10FN3O3. The molecule has 1 N–H and O–H groups in total. The first-order chi connectivity index (χ1) is 8.26. The highest BCUT2D eigenvalue weighted by Crippen LogP contribution is 2.22. The van der Waals surface area contributed by atoms with E-state index in [9.17, 15) is 19.3 Å². The number of carbonyl (C=O) groups excluding carboxylic acids is 1. The van der Waals surface area contributed by atoms with Crippen LogP contribution in [0.2, 0.25) is 0 Å². The Morgan fingerprint density at radius 2 is 2.11 bits per heavy atom. The van der Waals surface area contributed by atoms with Crippen molar-refractivity contribution in [2.24, 2.45) is 5.41 Å². The maximum absolute atomic E-state index is 13.1. The van der Waals surface area contributed by atoms with Crippen LogP contribution in [-0.2, 0) is 4.79 Å². The number of amides is 1. The Labute approximate surface area is 102 Å². The van der Waals surface area contributed by atoms with Crippen molar-refractivity contribution in [3.63, 3.8) is 0 Å². The Morgan fingerprint density at radius 1 is 1.50 bits per heavy atom. The average molecular weight is 251 g/mol. The third-order valence-corrected chi connectivity index (χ3v) is 2.20. The molecule has 6 nitrogen and oxygen atoms in total. The van der Waals surface area contributed by atoms with E-state index in [4.69, 9.17) is 5.26 Å². The van der Waals surface area contributed by atoms with E-state index in [-0.39, 0.29) is 5.69 Å². The molecule has 0 aliphatic rings. The molecule has 0 spiro atoms. The summed E-state index contributed by atoms with van der Waals surface area (Å²) < 4.78 is 13.1. The van der Waals surface area contributed by atoms with E-state index in [1.807, 2.05) is 0 Å². The van der Waals surface area contributed by atoms with Gasteiger partial charge in [0, 0.05) is 6.07 Å². The summed E-state index contributed by atoms with van der Waals surface area (Å²) in [6, 6.07) is 4.48. The van der Waals surface area contributed by atoms with Crippen molar-refractivity contribution in [3.8, 4) is 6.07 Å². The van der Waals surface area contributed by atoms with Crippen molar-refractivity contribution in [1.29, 1.82) is 5.26 Å². The van der Waals surface area contributed by atoms with Gasteiger partial charge in [-0.3, -0.25) is 14.9 Å². The molecule has 94 valence electrons. The summed E-state index contributed by atoms with van der Waals surface area (Å²) in [7, 11) is 0. The Kier molecular flexibility index (Phi) is 3.61. The lowest BCUT2D eigenvalue weighted by Gasteiger charge is -2.14. The van der Waals surface area contributed by atoms with E-state index < -0.39 is 27.8 Å². The quantitative estimate of drug-likeness (QED) is 0.658. The summed E-state index contributed by atoms with van der Waals surface area (Å²) in [5.41, 5.74) is -1.84. The SMILES string of the molecule is CC(C)(C#N)C(=O)Nc1cc(F)cc([N+](=O)[O-])c1. The predicted molar refractivity (Wildman–Crippen MR) is 61.1 cm³/mol. The normalized spacial score (nSPS) is 10.6. The van der Waals surface area contributed by atoms with Gasteiger partial charge < -0.3 is 5.32 Å². The number of halogens is 1. The van der Waals surface area contributed by atoms with Crippen LogP contribution in [0.3, 0.4) is 0 Å². The molecule has 18 heavy (non-hydrogen) atoms. The number of anilines is 1. The molecule has 0 saturated heterocycles. The zero-order chi connectivity index (χ0) is 13.9. The number of non-ortho nitro benzene ring substituents is 1. The van der Waals surface area contributed by atoms with Crippen molar-refractivity contribution >= 4 is 17.3 Å². The molecule has 1 rings (SSSR count). The number of nitrogens with one attached hydrogen (secondary N) is 1. The third-order valence-electron chi connectivity index (χ3n) is 2.20. The maximum Gasteiger partial charge on any atom is 0.274 e. The summed E-state index contributed by atoms with van der Waals surface area (Å²) in [6.45, 7) is 2.77. The molecule has 0 aromatic heterocycles. The van der Waals surface area contributed by atoms with Gasteiger partial charge >= 0.3 is 0 Å². The second-order valence-electron chi connectivity index (χ2n) is 4.15. The monoisotopic (exact) mass is 251 g/mol. The zero-order valence-electron chi connectivity index (χ0n) is 9.73. The topological polar surface area (TPSA) is 96.0 Å². The fourth-order valence-corrected chi connectivity index (χ4v) is 1.09. The van der Waals surface area contributed by atoms with Gasteiger partial charge in [0.2, 0.25) is 5.91 Å². The molecule has 0 bridgehead atoms. The molecule has 1 aromatic carbocycles. The fraction of sp³-hybridized carbons (Fsp3) is 0.273. The van der Waals surface area contributed by atoms with E-state index in [1.54, 1.807) is 6.07 Å². The third kappa shape index (κ3) is 3.01. The maximum atomic E-state index is 13.1. The first kappa shape index (κ1) is 13.6. The summed E-state index contributed by atoms with van der Waals surface area (Å²) in [5, 5.41) is 21.5. The van der Waals surface area contributed by atoms with Crippen LogP contribution >= 0.6 is 0 Å². The van der Waals surface area contributed by atoms with Crippen LogP contribution in [0.4, 0.5) is 15.8 Å². The highest BCUT2D eigenvalue weighted by molar-refractivity contribution is 5.96. The number of carbonyl (C=O) groups is 1. The minimum Gasteiger partial charge on any atom is -0.324 e. The van der Waals surface area contributed by atoms with E-state index >= 15 is 0 Å². The lowest BCUT2D eigenvalue weighted by atomic mass is 9.94. The lowest BCUT2D eigenvalue weighted by molar-refractivity contribution is -0.385. The molecule has 7 heteroatoms. The summed E-state index contributed by atoms with van der Waals surface area (Å²) in [6.07, 6.45) is 0. The van der Waals surface area contributed by atoms with Crippen molar-refractivity contribution < 1.29 is 14.1 Å². The van der Waals surface area contributed by atoms with Crippen LogP contribution in [0.1, 0.15) is 13.8 Å². The number of nitrogens with zero attached hydrogens (tertiary/aromatic N) is 2. The van der Waals surface area contributed by atoms with E-state index in [0.717, 1.165) is 18.2 Å². The van der Waals surface area contributed by atoms with Gasteiger partial charge in [0.25, 0.3) is 5.69 Å². The standard InChI is InChI=1S/C11H10FN3O3/c1-11(2,6-13)10(16)14-8-3-7(12)4-9(5-8)15(17)18/h3-5H,1-2H3,(H,14,16). The predicted octanol–water partition coefficient (Wildman–Crippen LogP) is 2.22. The van der Waals surface area contributed by atoms with Crippen LogP contribution < -0.4 is 5.32 Å². The summed E-state index contributed by atoms with van der Waals surface area (Å²) >= 11 is 0. The number of nitriles is 1. The molecule has 0 unspecified atom stereocenters. The van der Waals surface area contributed by atoms with Gasteiger partial charge in [0.1, 0.15) is 11.2 Å².